The summed E-state index contributed by atoms with van der Waals surface area (Å²) in [5.74, 6) is -0.0553. The summed E-state index contributed by atoms with van der Waals surface area (Å²) in [6, 6.07) is 0. The molecule has 2 N–H and O–H groups in total. The van der Waals surface area contributed by atoms with Gasteiger partial charge in [-0.3, -0.25) is 9.69 Å². The van der Waals surface area contributed by atoms with E-state index in [1.54, 1.807) is 0 Å². The molecule has 0 aromatic heterocycles. The molecule has 0 aromatic rings. The van der Waals surface area contributed by atoms with Crippen molar-refractivity contribution in [1.82, 2.24) is 10.2 Å². The summed E-state index contributed by atoms with van der Waals surface area (Å²) in [7, 11) is 0. The number of hydrogen-bond donors (Lipinski definition) is 2. The number of rotatable bonds is 5. The molecule has 0 aliphatic carbocycles. The number of carbonyl (C=O) groups excluding carboxylic acids is 1. The number of β-amino-alcohol motifs (C(OH)–C–C–N with tert-alkyl or cyclic N) is 1. The van der Waals surface area contributed by atoms with Crippen molar-refractivity contribution in [1.29, 1.82) is 0 Å². The van der Waals surface area contributed by atoms with Crippen LogP contribution >= 0.6 is 0 Å². The molecular formula is C10H17F3N2O3. The van der Waals surface area contributed by atoms with E-state index in [-0.39, 0.29) is 19.1 Å². The zero-order valence-corrected chi connectivity index (χ0v) is 9.87. The highest BCUT2D eigenvalue weighted by molar-refractivity contribution is 5.76. The predicted octanol–water partition coefficient (Wildman–Crippen LogP) is -0.252. The van der Waals surface area contributed by atoms with Crippen LogP contribution in [0.25, 0.3) is 0 Å². The monoisotopic (exact) mass is 270 g/mol. The van der Waals surface area contributed by atoms with Crippen LogP contribution in [-0.2, 0) is 9.53 Å². The number of carbonyl (C=O) groups is 1. The van der Waals surface area contributed by atoms with Crippen molar-refractivity contribution >= 4 is 5.91 Å². The third-order valence-electron chi connectivity index (χ3n) is 2.45. The first-order valence-corrected chi connectivity index (χ1v) is 5.68. The van der Waals surface area contributed by atoms with Gasteiger partial charge in [0.25, 0.3) is 0 Å². The van der Waals surface area contributed by atoms with Crippen LogP contribution in [0.5, 0.6) is 0 Å². The van der Waals surface area contributed by atoms with Crippen molar-refractivity contribution in [2.45, 2.75) is 18.7 Å². The van der Waals surface area contributed by atoms with Crippen LogP contribution in [0.15, 0.2) is 0 Å². The molecule has 1 saturated heterocycles. The summed E-state index contributed by atoms with van der Waals surface area (Å²) in [6.07, 6.45) is -5.03. The molecule has 1 unspecified atom stereocenters. The minimum Gasteiger partial charge on any atom is -0.389 e. The third kappa shape index (κ3) is 6.77. The van der Waals surface area contributed by atoms with Gasteiger partial charge in [-0.15, -0.1) is 0 Å². The van der Waals surface area contributed by atoms with E-state index in [0.29, 0.717) is 26.1 Å². The van der Waals surface area contributed by atoms with Gasteiger partial charge in [0.05, 0.1) is 12.7 Å². The van der Waals surface area contributed by atoms with Gasteiger partial charge >= 0.3 is 6.18 Å². The number of nitrogens with zero attached hydrogens (tertiary/aromatic N) is 1. The Morgan fingerprint density at radius 1 is 1.44 bits per heavy atom. The van der Waals surface area contributed by atoms with E-state index in [2.05, 4.69) is 10.1 Å². The van der Waals surface area contributed by atoms with Gasteiger partial charge in [-0.1, -0.05) is 0 Å². The van der Waals surface area contributed by atoms with Gasteiger partial charge in [-0.25, -0.2) is 0 Å². The molecule has 0 spiro atoms. The molecule has 1 fully saturated rings. The second kappa shape index (κ2) is 6.91. The largest absolute Gasteiger partial charge is 0.411 e. The second-order valence-corrected chi connectivity index (χ2v) is 4.18. The highest BCUT2D eigenvalue weighted by atomic mass is 19.4. The van der Waals surface area contributed by atoms with E-state index in [9.17, 15) is 23.1 Å². The molecule has 5 nitrogen and oxygen atoms in total. The topological polar surface area (TPSA) is 61.8 Å². The summed E-state index contributed by atoms with van der Waals surface area (Å²) in [6.45, 7) is 0.0213. The van der Waals surface area contributed by atoms with Crippen molar-refractivity contribution in [3.05, 3.63) is 0 Å². The van der Waals surface area contributed by atoms with Gasteiger partial charge in [0.15, 0.2) is 0 Å². The number of aliphatic hydroxyl groups excluding tert-OH is 1. The Balaban J connectivity index is 2.18. The van der Waals surface area contributed by atoms with Gasteiger partial charge < -0.3 is 15.2 Å². The lowest BCUT2D eigenvalue weighted by Gasteiger charge is -2.22. The third-order valence-corrected chi connectivity index (χ3v) is 2.45. The van der Waals surface area contributed by atoms with E-state index in [0.717, 1.165) is 0 Å². The molecule has 0 saturated carbocycles. The Hall–Kier alpha value is -0.860. The SMILES string of the molecule is O=C1CCN(CC(O)COCC(F)(F)F)CCN1. The molecule has 1 heterocycles. The maximum atomic E-state index is 11.8. The first-order chi connectivity index (χ1) is 8.37. The number of alkyl halides is 3. The molecular weight excluding hydrogens is 253 g/mol. The van der Waals surface area contributed by atoms with E-state index in [4.69, 9.17) is 0 Å². The Morgan fingerprint density at radius 2 is 2.17 bits per heavy atom. The minimum atomic E-state index is -4.38. The van der Waals surface area contributed by atoms with Crippen LogP contribution < -0.4 is 5.32 Å². The summed E-state index contributed by atoms with van der Waals surface area (Å²) in [5, 5.41) is 12.2. The molecule has 106 valence electrons. The molecule has 18 heavy (non-hydrogen) atoms. The molecule has 1 amide bonds. The zero-order valence-electron chi connectivity index (χ0n) is 9.87. The average Bonchev–Trinajstić information content (AvgIpc) is 2.42. The van der Waals surface area contributed by atoms with Gasteiger partial charge in [0, 0.05) is 32.6 Å². The lowest BCUT2D eigenvalue weighted by molar-refractivity contribution is -0.179. The van der Waals surface area contributed by atoms with Crippen molar-refractivity contribution in [3.8, 4) is 0 Å². The fourth-order valence-corrected chi connectivity index (χ4v) is 1.66. The number of nitrogens with one attached hydrogen (secondary N) is 1. The van der Waals surface area contributed by atoms with Crippen molar-refractivity contribution < 1.29 is 27.8 Å². The average molecular weight is 270 g/mol. The Labute approximate surface area is 103 Å². The smallest absolute Gasteiger partial charge is 0.389 e. The zero-order chi connectivity index (χ0) is 13.6. The molecule has 0 bridgehead atoms. The fraction of sp³-hybridized carbons (Fsp3) is 0.900. The number of hydrogen-bond acceptors (Lipinski definition) is 4. The van der Waals surface area contributed by atoms with E-state index < -0.39 is 18.9 Å². The highest BCUT2D eigenvalue weighted by Gasteiger charge is 2.28. The summed E-state index contributed by atoms with van der Waals surface area (Å²) >= 11 is 0. The number of aliphatic hydroxyl groups is 1. The Kier molecular flexibility index (Phi) is 5.83. The maximum Gasteiger partial charge on any atom is 0.411 e. The first kappa shape index (κ1) is 15.2. The lowest BCUT2D eigenvalue weighted by atomic mass is 10.3. The summed E-state index contributed by atoms with van der Waals surface area (Å²) < 4.78 is 39.8. The summed E-state index contributed by atoms with van der Waals surface area (Å²) in [4.78, 5) is 12.9. The van der Waals surface area contributed by atoms with Gasteiger partial charge in [-0.2, -0.15) is 13.2 Å². The Morgan fingerprint density at radius 3 is 2.83 bits per heavy atom. The molecule has 1 aliphatic heterocycles. The first-order valence-electron chi connectivity index (χ1n) is 5.68. The highest BCUT2D eigenvalue weighted by Crippen LogP contribution is 2.14. The molecule has 8 heteroatoms. The molecule has 1 aliphatic rings. The number of halogens is 3. The van der Waals surface area contributed by atoms with Crippen molar-refractivity contribution in [3.63, 3.8) is 0 Å². The summed E-state index contributed by atoms with van der Waals surface area (Å²) in [5.41, 5.74) is 0. The van der Waals surface area contributed by atoms with Gasteiger partial charge in [-0.05, 0) is 0 Å². The van der Waals surface area contributed by atoms with Crippen LogP contribution in [0.2, 0.25) is 0 Å². The molecule has 0 aromatic carbocycles. The van der Waals surface area contributed by atoms with E-state index in [1.807, 2.05) is 4.90 Å². The maximum absolute atomic E-state index is 11.8. The number of ether oxygens (including phenoxy) is 1. The van der Waals surface area contributed by atoms with E-state index >= 15 is 0 Å². The van der Waals surface area contributed by atoms with Crippen LogP contribution in [0.3, 0.4) is 0 Å². The van der Waals surface area contributed by atoms with Crippen LogP contribution in [0, 0.1) is 0 Å². The van der Waals surface area contributed by atoms with Crippen molar-refractivity contribution in [2.75, 3.05) is 39.4 Å². The second-order valence-electron chi connectivity index (χ2n) is 4.18. The van der Waals surface area contributed by atoms with E-state index in [1.165, 1.54) is 0 Å². The van der Waals surface area contributed by atoms with Crippen LogP contribution in [-0.4, -0.2) is 67.6 Å². The standard InChI is InChI=1S/C10H17F3N2O3/c11-10(12,13)7-18-6-8(16)5-15-3-1-9(17)14-2-4-15/h8,16H,1-7H2,(H,14,17). The normalized spacial score (nSPS) is 20.3. The lowest BCUT2D eigenvalue weighted by Crippen LogP contribution is -2.37. The fourth-order valence-electron chi connectivity index (χ4n) is 1.66. The van der Waals surface area contributed by atoms with Crippen molar-refractivity contribution in [2.24, 2.45) is 0 Å². The van der Waals surface area contributed by atoms with Gasteiger partial charge in [0.2, 0.25) is 5.91 Å². The Bertz CT molecular complexity index is 274. The molecule has 1 rings (SSSR count). The van der Waals surface area contributed by atoms with Crippen LogP contribution in [0.1, 0.15) is 6.42 Å². The predicted molar refractivity (Wildman–Crippen MR) is 56.9 cm³/mol. The molecule has 1 atom stereocenters. The quantitative estimate of drug-likeness (QED) is 0.723. The minimum absolute atomic E-state index is 0.0553. The number of amides is 1. The van der Waals surface area contributed by atoms with Crippen LogP contribution in [0.4, 0.5) is 13.2 Å². The van der Waals surface area contributed by atoms with Gasteiger partial charge in [0.1, 0.15) is 6.61 Å². The molecule has 0 radical (unpaired) electrons.